The van der Waals surface area contributed by atoms with Gasteiger partial charge in [-0.05, 0) is 24.0 Å². The minimum atomic E-state index is -0.402. The summed E-state index contributed by atoms with van der Waals surface area (Å²) in [6.07, 6.45) is 3.13. The van der Waals surface area contributed by atoms with Crippen molar-refractivity contribution in [2.24, 2.45) is 4.99 Å². The van der Waals surface area contributed by atoms with Gasteiger partial charge in [0.2, 0.25) is 5.91 Å². The second kappa shape index (κ2) is 10.8. The van der Waals surface area contributed by atoms with Crippen LogP contribution in [0.1, 0.15) is 18.9 Å². The predicted octanol–water partition coefficient (Wildman–Crippen LogP) is 1.96. The van der Waals surface area contributed by atoms with Crippen LogP contribution in [0.5, 0.6) is 0 Å². The number of rotatable bonds is 7. The molecular formula is C18H27N5O3S. The smallest absolute Gasteiger partial charge is 0.269 e. The molecule has 1 amide bonds. The van der Waals surface area contributed by atoms with Gasteiger partial charge in [-0.25, -0.2) is 4.99 Å². The number of non-ortho nitro benzene ring substituents is 1. The molecule has 1 saturated heterocycles. The number of amides is 1. The number of benzene rings is 1. The van der Waals surface area contributed by atoms with E-state index >= 15 is 0 Å². The van der Waals surface area contributed by atoms with Crippen LogP contribution < -0.4 is 5.32 Å². The zero-order valence-electron chi connectivity index (χ0n) is 15.9. The van der Waals surface area contributed by atoms with E-state index in [0.29, 0.717) is 19.6 Å². The molecule has 1 aromatic rings. The van der Waals surface area contributed by atoms with Gasteiger partial charge in [0.15, 0.2) is 5.96 Å². The summed E-state index contributed by atoms with van der Waals surface area (Å²) in [6.45, 7) is 5.77. The Hall–Kier alpha value is -2.29. The van der Waals surface area contributed by atoms with Crippen LogP contribution >= 0.6 is 11.8 Å². The highest BCUT2D eigenvalue weighted by Gasteiger charge is 2.21. The van der Waals surface area contributed by atoms with Gasteiger partial charge in [0.1, 0.15) is 0 Å². The van der Waals surface area contributed by atoms with E-state index < -0.39 is 4.92 Å². The van der Waals surface area contributed by atoms with E-state index in [0.717, 1.165) is 43.3 Å². The Morgan fingerprint density at radius 1 is 1.22 bits per heavy atom. The van der Waals surface area contributed by atoms with Crippen LogP contribution in [0.2, 0.25) is 0 Å². The fourth-order valence-electron chi connectivity index (χ4n) is 2.81. The molecule has 8 nitrogen and oxygen atoms in total. The molecule has 2 rings (SSSR count). The molecule has 1 aromatic carbocycles. The third-order valence-electron chi connectivity index (χ3n) is 4.39. The number of hydrogen-bond donors (Lipinski definition) is 1. The van der Waals surface area contributed by atoms with Crippen molar-refractivity contribution in [1.82, 2.24) is 15.1 Å². The molecule has 9 heteroatoms. The maximum atomic E-state index is 11.5. The van der Waals surface area contributed by atoms with Crippen molar-refractivity contribution in [3.8, 4) is 0 Å². The fourth-order valence-corrected chi connectivity index (χ4v) is 3.24. The molecule has 27 heavy (non-hydrogen) atoms. The Kier molecular flexibility index (Phi) is 8.38. The number of nitro groups is 1. The van der Waals surface area contributed by atoms with Crippen LogP contribution in [0.25, 0.3) is 0 Å². The highest BCUT2D eigenvalue weighted by molar-refractivity contribution is 7.98. The van der Waals surface area contributed by atoms with Crippen LogP contribution in [-0.4, -0.2) is 71.3 Å². The Balaban J connectivity index is 2.01. The van der Waals surface area contributed by atoms with Gasteiger partial charge in [0.05, 0.1) is 11.5 Å². The Bertz CT molecular complexity index is 657. The van der Waals surface area contributed by atoms with Crippen molar-refractivity contribution in [1.29, 1.82) is 0 Å². The summed E-state index contributed by atoms with van der Waals surface area (Å²) in [4.78, 5) is 30.6. The number of nitrogens with zero attached hydrogens (tertiary/aromatic N) is 4. The standard InChI is InChI=1S/C18H27N5O3S/c1-15(24)21-9-11-22(12-10-21)18(19-8-3-13-27-2)20-14-16-4-6-17(7-5-16)23(25)26/h4-7H,3,8-14H2,1-2H3,(H,19,20). The van der Waals surface area contributed by atoms with Crippen molar-refractivity contribution in [2.45, 2.75) is 19.9 Å². The second-order valence-electron chi connectivity index (χ2n) is 6.33. The molecule has 0 aliphatic carbocycles. The first-order valence-electron chi connectivity index (χ1n) is 9.02. The molecule has 1 aliphatic heterocycles. The molecule has 0 atom stereocenters. The van der Waals surface area contributed by atoms with Gasteiger partial charge in [-0.2, -0.15) is 11.8 Å². The summed E-state index contributed by atoms with van der Waals surface area (Å²) in [5.74, 6) is 2.02. The van der Waals surface area contributed by atoms with Gasteiger partial charge in [-0.1, -0.05) is 12.1 Å². The lowest BCUT2D eigenvalue weighted by Crippen LogP contribution is -2.53. The molecule has 0 saturated carbocycles. The largest absolute Gasteiger partial charge is 0.356 e. The average molecular weight is 394 g/mol. The third kappa shape index (κ3) is 6.74. The normalized spacial score (nSPS) is 15.0. The lowest BCUT2D eigenvalue weighted by molar-refractivity contribution is -0.384. The number of hydrogen-bond acceptors (Lipinski definition) is 5. The van der Waals surface area contributed by atoms with E-state index in [2.05, 4.69) is 16.5 Å². The number of nitrogens with one attached hydrogen (secondary N) is 1. The summed E-state index contributed by atoms with van der Waals surface area (Å²) in [6, 6.07) is 6.48. The monoisotopic (exact) mass is 393 g/mol. The molecule has 0 bridgehead atoms. The molecule has 0 spiro atoms. The average Bonchev–Trinajstić information content (AvgIpc) is 2.68. The Labute approximate surface area is 164 Å². The van der Waals surface area contributed by atoms with Crippen LogP contribution in [0.15, 0.2) is 29.3 Å². The van der Waals surface area contributed by atoms with Crippen LogP contribution in [-0.2, 0) is 11.3 Å². The third-order valence-corrected chi connectivity index (χ3v) is 5.09. The van der Waals surface area contributed by atoms with Crippen LogP contribution in [0.3, 0.4) is 0 Å². The number of piperazine rings is 1. The van der Waals surface area contributed by atoms with E-state index in [1.54, 1.807) is 19.1 Å². The highest BCUT2D eigenvalue weighted by atomic mass is 32.2. The minimum absolute atomic E-state index is 0.0819. The molecule has 0 radical (unpaired) electrons. The fraction of sp³-hybridized carbons (Fsp3) is 0.556. The summed E-state index contributed by atoms with van der Waals surface area (Å²) >= 11 is 1.81. The van der Waals surface area contributed by atoms with E-state index in [9.17, 15) is 14.9 Å². The van der Waals surface area contributed by atoms with Crippen LogP contribution in [0, 0.1) is 10.1 Å². The van der Waals surface area contributed by atoms with Crippen molar-refractivity contribution < 1.29 is 9.72 Å². The molecular weight excluding hydrogens is 366 g/mol. The van der Waals surface area contributed by atoms with Gasteiger partial charge in [0, 0.05) is 51.8 Å². The Morgan fingerprint density at radius 3 is 2.41 bits per heavy atom. The second-order valence-corrected chi connectivity index (χ2v) is 7.32. The lowest BCUT2D eigenvalue weighted by Gasteiger charge is -2.36. The number of carbonyl (C=O) groups excluding carboxylic acids is 1. The molecule has 0 unspecified atom stereocenters. The van der Waals surface area contributed by atoms with Crippen molar-refractivity contribution in [3.63, 3.8) is 0 Å². The molecule has 1 fully saturated rings. The topological polar surface area (TPSA) is 91.1 Å². The van der Waals surface area contributed by atoms with Gasteiger partial charge in [-0.3, -0.25) is 14.9 Å². The molecule has 1 aliphatic rings. The first-order chi connectivity index (χ1) is 13.0. The highest BCUT2D eigenvalue weighted by Crippen LogP contribution is 2.13. The van der Waals surface area contributed by atoms with E-state index in [1.807, 2.05) is 16.7 Å². The summed E-state index contributed by atoms with van der Waals surface area (Å²) < 4.78 is 0. The lowest BCUT2D eigenvalue weighted by atomic mass is 10.2. The van der Waals surface area contributed by atoms with Crippen molar-refractivity contribution in [2.75, 3.05) is 44.7 Å². The molecule has 0 aromatic heterocycles. The van der Waals surface area contributed by atoms with Gasteiger partial charge >= 0.3 is 0 Å². The van der Waals surface area contributed by atoms with E-state index in [1.165, 1.54) is 12.1 Å². The first-order valence-corrected chi connectivity index (χ1v) is 10.4. The van der Waals surface area contributed by atoms with Crippen molar-refractivity contribution >= 4 is 29.3 Å². The quantitative estimate of drug-likeness (QED) is 0.250. The van der Waals surface area contributed by atoms with Gasteiger partial charge in [0.25, 0.3) is 5.69 Å². The predicted molar refractivity (Wildman–Crippen MR) is 109 cm³/mol. The zero-order chi connectivity index (χ0) is 19.6. The number of aliphatic imine (C=N–C) groups is 1. The SMILES string of the molecule is CSCCCNC(=NCc1ccc([N+](=O)[O-])cc1)N1CCN(C(C)=O)CC1. The Morgan fingerprint density at radius 2 is 1.85 bits per heavy atom. The maximum absolute atomic E-state index is 11.5. The van der Waals surface area contributed by atoms with Gasteiger partial charge in [-0.15, -0.1) is 0 Å². The number of nitro benzene ring substituents is 1. The molecule has 1 N–H and O–H groups in total. The molecule has 148 valence electrons. The van der Waals surface area contributed by atoms with Gasteiger partial charge < -0.3 is 15.1 Å². The maximum Gasteiger partial charge on any atom is 0.269 e. The number of carbonyl (C=O) groups is 1. The zero-order valence-corrected chi connectivity index (χ0v) is 16.7. The molecule has 1 heterocycles. The van der Waals surface area contributed by atoms with Crippen molar-refractivity contribution in [3.05, 3.63) is 39.9 Å². The van der Waals surface area contributed by atoms with E-state index in [4.69, 9.17) is 4.99 Å². The summed E-state index contributed by atoms with van der Waals surface area (Å²) in [7, 11) is 0. The summed E-state index contributed by atoms with van der Waals surface area (Å²) in [5, 5.41) is 14.2. The number of thioether (sulfide) groups is 1. The summed E-state index contributed by atoms with van der Waals surface area (Å²) in [5.41, 5.74) is 1.00. The number of guanidine groups is 1. The first kappa shape index (κ1) is 21.0. The van der Waals surface area contributed by atoms with Crippen LogP contribution in [0.4, 0.5) is 5.69 Å². The van der Waals surface area contributed by atoms with E-state index in [-0.39, 0.29) is 11.6 Å². The minimum Gasteiger partial charge on any atom is -0.356 e.